The van der Waals surface area contributed by atoms with E-state index in [2.05, 4.69) is 5.32 Å². The topological polar surface area (TPSA) is 38.0 Å². The molecule has 0 radical (unpaired) electrons. The van der Waals surface area contributed by atoms with Crippen LogP contribution in [0.15, 0.2) is 48.5 Å². The molecule has 0 aliphatic carbocycles. The van der Waals surface area contributed by atoms with Gasteiger partial charge in [-0.05, 0) is 0 Å². The van der Waals surface area contributed by atoms with Crippen LogP contribution in [0.2, 0.25) is 0 Å². The van der Waals surface area contributed by atoms with Gasteiger partial charge < -0.3 is 0 Å². The van der Waals surface area contributed by atoms with Gasteiger partial charge in [0.05, 0.1) is 0 Å². The van der Waals surface area contributed by atoms with Crippen LogP contribution in [-0.2, 0) is 0 Å². The average molecular weight is 295 g/mol. The molecule has 0 bridgehead atoms. The van der Waals surface area contributed by atoms with Crippen LogP contribution in [0.25, 0.3) is 0 Å². The van der Waals surface area contributed by atoms with E-state index >= 15 is 0 Å². The fraction of sp³-hybridized carbons (Fsp3) is 0. The SMILES string of the molecule is N[AsH]1(Cl)c2ccccc2Nc2ccccc21. The molecule has 0 saturated carbocycles. The summed E-state index contributed by atoms with van der Waals surface area (Å²) in [6, 6.07) is 16.1. The van der Waals surface area contributed by atoms with Crippen molar-refractivity contribution in [2.45, 2.75) is 0 Å². The molecule has 0 saturated heterocycles. The minimum absolute atomic E-state index is 1.05. The second kappa shape index (κ2) is 3.53. The summed E-state index contributed by atoms with van der Waals surface area (Å²) in [7, 11) is 6.66. The van der Waals surface area contributed by atoms with Crippen LogP contribution >= 0.6 is 9.95 Å². The average Bonchev–Trinajstić information content (AvgIpc) is 2.29. The summed E-state index contributed by atoms with van der Waals surface area (Å²) >= 11 is -3.07. The van der Waals surface area contributed by atoms with Crippen molar-refractivity contribution in [1.82, 2.24) is 0 Å². The van der Waals surface area contributed by atoms with E-state index in [1.165, 1.54) is 0 Å². The number of nitrogens with one attached hydrogen (secondary N) is 1. The van der Waals surface area contributed by atoms with Crippen LogP contribution < -0.4 is 18.7 Å². The third-order valence-electron chi connectivity index (χ3n) is 2.91. The molecule has 1 aliphatic heterocycles. The van der Waals surface area contributed by atoms with Gasteiger partial charge in [-0.1, -0.05) is 0 Å². The molecule has 0 spiro atoms. The van der Waals surface area contributed by atoms with E-state index in [-0.39, 0.29) is 0 Å². The first-order chi connectivity index (χ1) is 7.69. The van der Waals surface area contributed by atoms with Gasteiger partial charge in [0.1, 0.15) is 0 Å². The van der Waals surface area contributed by atoms with Gasteiger partial charge in [-0.2, -0.15) is 0 Å². The quantitative estimate of drug-likeness (QED) is 0.717. The monoisotopic (exact) mass is 294 g/mol. The summed E-state index contributed by atoms with van der Waals surface area (Å²) in [5.41, 5.74) is 2.11. The molecule has 2 nitrogen and oxygen atoms in total. The van der Waals surface area contributed by atoms with Gasteiger partial charge in [0, 0.05) is 0 Å². The molecule has 0 atom stereocenters. The Morgan fingerprint density at radius 3 is 1.81 bits per heavy atom. The summed E-state index contributed by atoms with van der Waals surface area (Å²) in [5.74, 6) is 0. The number of anilines is 2. The summed E-state index contributed by atoms with van der Waals surface area (Å²) in [6.45, 7) is 0. The van der Waals surface area contributed by atoms with Crippen molar-refractivity contribution >= 4 is 42.9 Å². The Kier molecular flexibility index (Phi) is 2.25. The number of nitrogens with two attached hydrogens (primary N) is 1. The number of benzene rings is 2. The third kappa shape index (κ3) is 1.38. The van der Waals surface area contributed by atoms with Crippen LogP contribution in [0, 0.1) is 0 Å². The van der Waals surface area contributed by atoms with Crippen molar-refractivity contribution in [3.8, 4) is 0 Å². The molecule has 3 rings (SSSR count). The van der Waals surface area contributed by atoms with E-state index in [1.807, 2.05) is 48.5 Å². The zero-order valence-electron chi connectivity index (χ0n) is 8.57. The summed E-state index contributed by atoms with van der Waals surface area (Å²) in [4.78, 5) is 0. The van der Waals surface area contributed by atoms with Gasteiger partial charge in [-0.3, -0.25) is 0 Å². The van der Waals surface area contributed by atoms with Gasteiger partial charge in [0.25, 0.3) is 0 Å². The molecule has 0 aromatic heterocycles. The first-order valence-electron chi connectivity index (χ1n) is 5.13. The number of hydrogen-bond acceptors (Lipinski definition) is 2. The molecule has 4 heteroatoms. The van der Waals surface area contributed by atoms with Crippen LogP contribution in [0.5, 0.6) is 0 Å². The zero-order valence-corrected chi connectivity index (χ0v) is 11.4. The van der Waals surface area contributed by atoms with Gasteiger partial charge in [-0.25, -0.2) is 0 Å². The van der Waals surface area contributed by atoms with Gasteiger partial charge in [0.2, 0.25) is 0 Å². The molecular formula is C12H12AsClN2. The second-order valence-electron chi connectivity index (χ2n) is 3.93. The van der Waals surface area contributed by atoms with Gasteiger partial charge in [0.15, 0.2) is 0 Å². The fourth-order valence-corrected chi connectivity index (χ4v) is 8.11. The number of para-hydroxylation sites is 2. The standard InChI is InChI=1S/C12H12AsClN2/c14-13(15)9-5-1-3-7-11(9)16-12-8-4-2-6-10(12)13/h1-8,13,16H,15H2. The molecule has 1 aliphatic rings. The third-order valence-corrected chi connectivity index (χ3v) is 10.1. The molecule has 0 fully saturated rings. The number of rotatable bonds is 0. The summed E-state index contributed by atoms with van der Waals surface area (Å²) < 4.78 is 8.61. The van der Waals surface area contributed by atoms with Crippen molar-refractivity contribution in [3.05, 3.63) is 48.5 Å². The van der Waals surface area contributed by atoms with E-state index in [9.17, 15) is 0 Å². The number of fused-ring (bicyclic) bond motifs is 2. The van der Waals surface area contributed by atoms with E-state index < -0.39 is 12.8 Å². The Morgan fingerprint density at radius 2 is 1.31 bits per heavy atom. The summed E-state index contributed by atoms with van der Waals surface area (Å²) in [5, 5.41) is 3.38. The Balaban J connectivity index is 2.28. The van der Waals surface area contributed by atoms with Crippen molar-refractivity contribution in [1.29, 1.82) is 0 Å². The van der Waals surface area contributed by atoms with E-state index in [0.717, 1.165) is 20.1 Å². The van der Waals surface area contributed by atoms with Crippen molar-refractivity contribution in [2.75, 3.05) is 5.32 Å². The van der Waals surface area contributed by atoms with E-state index in [1.54, 1.807) is 0 Å². The Hall–Kier alpha value is -0.952. The van der Waals surface area contributed by atoms with Crippen molar-refractivity contribution in [3.63, 3.8) is 0 Å². The molecule has 82 valence electrons. The van der Waals surface area contributed by atoms with Crippen molar-refractivity contribution < 1.29 is 0 Å². The van der Waals surface area contributed by atoms with E-state index in [0.29, 0.717) is 0 Å². The Bertz CT molecular complexity index is 507. The molecule has 2 aromatic carbocycles. The van der Waals surface area contributed by atoms with Crippen LogP contribution in [0.1, 0.15) is 0 Å². The molecular weight excluding hydrogens is 283 g/mol. The first kappa shape index (κ1) is 10.2. The van der Waals surface area contributed by atoms with E-state index in [4.69, 9.17) is 14.6 Å². The molecule has 0 unspecified atom stereocenters. The molecule has 0 amide bonds. The van der Waals surface area contributed by atoms with Gasteiger partial charge >= 0.3 is 101 Å². The predicted molar refractivity (Wildman–Crippen MR) is 72.6 cm³/mol. The zero-order chi connectivity index (χ0) is 11.2. The fourth-order valence-electron chi connectivity index (χ4n) is 2.11. The molecule has 2 aromatic rings. The Morgan fingerprint density at radius 1 is 0.875 bits per heavy atom. The first-order valence-corrected chi connectivity index (χ1v) is 11.2. The maximum atomic E-state index is 6.66. The minimum atomic E-state index is -3.07. The Labute approximate surface area is 101 Å². The molecule has 16 heavy (non-hydrogen) atoms. The van der Waals surface area contributed by atoms with Gasteiger partial charge in [-0.15, -0.1) is 0 Å². The maximum absolute atomic E-state index is 6.66. The van der Waals surface area contributed by atoms with Crippen LogP contribution in [0.4, 0.5) is 11.4 Å². The predicted octanol–water partition coefficient (Wildman–Crippen LogP) is 1.23. The van der Waals surface area contributed by atoms with Crippen LogP contribution in [0.3, 0.4) is 0 Å². The number of halogens is 1. The summed E-state index contributed by atoms with van der Waals surface area (Å²) in [6.07, 6.45) is 0. The van der Waals surface area contributed by atoms with Crippen molar-refractivity contribution in [2.24, 2.45) is 4.65 Å². The van der Waals surface area contributed by atoms with Crippen LogP contribution in [-0.4, -0.2) is 12.8 Å². The normalized spacial score (nSPS) is 17.9. The molecule has 1 heterocycles. The number of hydrogen-bond donors (Lipinski definition) is 2. The second-order valence-corrected chi connectivity index (χ2v) is 12.3. The molecule has 3 N–H and O–H groups in total.